The Balaban J connectivity index is 2.05. The van der Waals surface area contributed by atoms with Gasteiger partial charge in [0.15, 0.2) is 5.69 Å². The molecule has 0 aliphatic heterocycles. The summed E-state index contributed by atoms with van der Waals surface area (Å²) in [5, 5.41) is 11.9. The highest BCUT2D eigenvalue weighted by atomic mass is 35.5. The van der Waals surface area contributed by atoms with Crippen molar-refractivity contribution in [1.82, 2.24) is 4.98 Å². The quantitative estimate of drug-likeness (QED) is 0.851. The number of hydrogen-bond donors (Lipinski definition) is 2. The van der Waals surface area contributed by atoms with Gasteiger partial charge in [-0.3, -0.25) is 4.79 Å². The second-order valence-corrected chi connectivity index (χ2v) is 4.53. The van der Waals surface area contributed by atoms with Crippen LogP contribution in [0.4, 0.5) is 5.82 Å². The van der Waals surface area contributed by atoms with Gasteiger partial charge in [0.25, 0.3) is 0 Å². The van der Waals surface area contributed by atoms with Crippen molar-refractivity contribution in [2.45, 2.75) is 0 Å². The number of nitrogens with one attached hydrogen (secondary N) is 1. The van der Waals surface area contributed by atoms with Gasteiger partial charge < -0.3 is 10.4 Å². The summed E-state index contributed by atoms with van der Waals surface area (Å²) in [5.74, 6) is -1.39. The monoisotopic (exact) mass is 302 g/mol. The first-order chi connectivity index (χ1) is 10.0. The van der Waals surface area contributed by atoms with Gasteiger partial charge in [-0.1, -0.05) is 29.8 Å². The van der Waals surface area contributed by atoms with Gasteiger partial charge in [-0.05, 0) is 35.9 Å². The summed E-state index contributed by atoms with van der Waals surface area (Å²) >= 11 is 5.84. The maximum atomic E-state index is 11.7. The first-order valence-corrected chi connectivity index (χ1v) is 6.37. The molecular weight excluding hydrogens is 292 g/mol. The van der Waals surface area contributed by atoms with Crippen LogP contribution in [0.5, 0.6) is 0 Å². The van der Waals surface area contributed by atoms with Gasteiger partial charge in [0.2, 0.25) is 5.91 Å². The molecule has 2 aromatic rings. The smallest absolute Gasteiger partial charge is 0.354 e. The van der Waals surface area contributed by atoms with E-state index in [4.69, 9.17) is 16.7 Å². The van der Waals surface area contributed by atoms with Crippen LogP contribution in [0.2, 0.25) is 5.02 Å². The molecule has 21 heavy (non-hydrogen) atoms. The Morgan fingerprint density at radius 3 is 2.67 bits per heavy atom. The number of carbonyl (C=O) groups excluding carboxylic acids is 1. The Morgan fingerprint density at radius 2 is 1.95 bits per heavy atom. The average molecular weight is 303 g/mol. The molecule has 0 radical (unpaired) electrons. The number of aromatic nitrogens is 1. The van der Waals surface area contributed by atoms with Gasteiger partial charge in [-0.15, -0.1) is 0 Å². The average Bonchev–Trinajstić information content (AvgIpc) is 2.45. The molecule has 1 amide bonds. The maximum absolute atomic E-state index is 11.7. The number of rotatable bonds is 4. The van der Waals surface area contributed by atoms with Crippen LogP contribution in [-0.4, -0.2) is 22.0 Å². The first kappa shape index (κ1) is 14.7. The molecule has 0 saturated carbocycles. The van der Waals surface area contributed by atoms with E-state index in [0.717, 1.165) is 5.56 Å². The predicted molar refractivity (Wildman–Crippen MR) is 80.3 cm³/mol. The normalized spacial score (nSPS) is 10.5. The minimum atomic E-state index is -1.15. The number of carbonyl (C=O) groups is 2. The SMILES string of the molecule is O=C(C=Cc1cccc(Cl)c1)Nc1cccc(C(=O)O)n1. The van der Waals surface area contributed by atoms with E-state index in [0.29, 0.717) is 5.02 Å². The van der Waals surface area contributed by atoms with Crippen molar-refractivity contribution in [2.75, 3.05) is 5.32 Å². The van der Waals surface area contributed by atoms with Crippen LogP contribution >= 0.6 is 11.6 Å². The summed E-state index contributed by atoms with van der Waals surface area (Å²) in [4.78, 5) is 26.3. The number of aromatic carboxylic acids is 1. The van der Waals surface area contributed by atoms with Crippen molar-refractivity contribution >= 4 is 35.4 Å². The highest BCUT2D eigenvalue weighted by molar-refractivity contribution is 6.30. The van der Waals surface area contributed by atoms with Gasteiger partial charge in [-0.25, -0.2) is 9.78 Å². The largest absolute Gasteiger partial charge is 0.477 e. The topological polar surface area (TPSA) is 79.3 Å². The van der Waals surface area contributed by atoms with Crippen molar-refractivity contribution in [3.05, 3.63) is 64.8 Å². The summed E-state index contributed by atoms with van der Waals surface area (Å²) in [6.45, 7) is 0. The van der Waals surface area contributed by atoms with Gasteiger partial charge in [0, 0.05) is 11.1 Å². The maximum Gasteiger partial charge on any atom is 0.354 e. The van der Waals surface area contributed by atoms with E-state index >= 15 is 0 Å². The number of carboxylic acids is 1. The Kier molecular flexibility index (Phi) is 4.68. The molecule has 0 fully saturated rings. The van der Waals surface area contributed by atoms with Gasteiger partial charge in [0.05, 0.1) is 0 Å². The number of pyridine rings is 1. The molecule has 2 N–H and O–H groups in total. The molecule has 1 aromatic heterocycles. The number of nitrogens with zero attached hydrogens (tertiary/aromatic N) is 1. The Hall–Kier alpha value is -2.66. The molecular formula is C15H11ClN2O3. The summed E-state index contributed by atoms with van der Waals surface area (Å²) in [6.07, 6.45) is 2.92. The van der Waals surface area contributed by atoms with Gasteiger partial charge in [-0.2, -0.15) is 0 Å². The molecule has 0 saturated heterocycles. The molecule has 2 rings (SSSR count). The van der Waals surface area contributed by atoms with E-state index in [2.05, 4.69) is 10.3 Å². The molecule has 0 unspecified atom stereocenters. The molecule has 106 valence electrons. The second-order valence-electron chi connectivity index (χ2n) is 4.09. The van der Waals surface area contributed by atoms with Crippen molar-refractivity contribution in [2.24, 2.45) is 0 Å². The highest BCUT2D eigenvalue weighted by Crippen LogP contribution is 2.12. The second kappa shape index (κ2) is 6.67. The van der Waals surface area contributed by atoms with Crippen LogP contribution in [0.1, 0.15) is 16.1 Å². The molecule has 0 aliphatic carbocycles. The van der Waals surface area contributed by atoms with Crippen LogP contribution in [-0.2, 0) is 4.79 Å². The Labute approximate surface area is 125 Å². The zero-order chi connectivity index (χ0) is 15.2. The number of benzene rings is 1. The lowest BCUT2D eigenvalue weighted by atomic mass is 10.2. The lowest BCUT2D eigenvalue weighted by molar-refractivity contribution is -0.111. The number of hydrogen-bond acceptors (Lipinski definition) is 3. The highest BCUT2D eigenvalue weighted by Gasteiger charge is 2.06. The molecule has 0 aliphatic rings. The van der Waals surface area contributed by atoms with Crippen LogP contribution in [0.3, 0.4) is 0 Å². The molecule has 0 bridgehead atoms. The van der Waals surface area contributed by atoms with Crippen LogP contribution < -0.4 is 5.32 Å². The third-order valence-electron chi connectivity index (χ3n) is 2.50. The predicted octanol–water partition coefficient (Wildman–Crippen LogP) is 3.09. The fourth-order valence-corrected chi connectivity index (χ4v) is 1.77. The lowest BCUT2D eigenvalue weighted by Crippen LogP contribution is -2.11. The minimum Gasteiger partial charge on any atom is -0.477 e. The van der Waals surface area contributed by atoms with E-state index in [1.165, 1.54) is 24.3 Å². The number of anilines is 1. The van der Waals surface area contributed by atoms with Crippen molar-refractivity contribution in [1.29, 1.82) is 0 Å². The molecule has 1 heterocycles. The number of halogens is 1. The summed E-state index contributed by atoms with van der Waals surface area (Å²) in [6, 6.07) is 11.4. The fourth-order valence-electron chi connectivity index (χ4n) is 1.57. The molecule has 1 aromatic carbocycles. The van der Waals surface area contributed by atoms with Crippen LogP contribution in [0.15, 0.2) is 48.5 Å². The zero-order valence-corrected chi connectivity index (χ0v) is 11.5. The molecule has 6 heteroatoms. The third-order valence-corrected chi connectivity index (χ3v) is 2.73. The van der Waals surface area contributed by atoms with Gasteiger partial charge in [0.1, 0.15) is 5.82 Å². The van der Waals surface area contributed by atoms with Crippen LogP contribution in [0.25, 0.3) is 6.08 Å². The Morgan fingerprint density at radius 1 is 1.19 bits per heavy atom. The Bertz CT molecular complexity index is 714. The third kappa shape index (κ3) is 4.43. The van der Waals surface area contributed by atoms with E-state index in [-0.39, 0.29) is 11.5 Å². The van der Waals surface area contributed by atoms with E-state index in [1.54, 1.807) is 30.3 Å². The minimum absolute atomic E-state index is 0.133. The van der Waals surface area contributed by atoms with Crippen LogP contribution in [0, 0.1) is 0 Å². The molecule has 0 atom stereocenters. The van der Waals surface area contributed by atoms with E-state index in [1.807, 2.05) is 0 Å². The standard InChI is InChI=1S/C15H11ClN2O3/c16-11-4-1-3-10(9-11)7-8-14(19)18-13-6-2-5-12(17-13)15(20)21/h1-9H,(H,20,21)(H,17,18,19). The molecule has 0 spiro atoms. The fraction of sp³-hybridized carbons (Fsp3) is 0. The van der Waals surface area contributed by atoms with Gasteiger partial charge >= 0.3 is 5.97 Å². The molecule has 5 nitrogen and oxygen atoms in total. The first-order valence-electron chi connectivity index (χ1n) is 5.99. The number of amides is 1. The van der Waals surface area contributed by atoms with Crippen molar-refractivity contribution in [3.63, 3.8) is 0 Å². The summed E-state index contributed by atoms with van der Waals surface area (Å²) < 4.78 is 0. The lowest BCUT2D eigenvalue weighted by Gasteiger charge is -2.02. The zero-order valence-electron chi connectivity index (χ0n) is 10.8. The van der Waals surface area contributed by atoms with Crippen molar-refractivity contribution in [3.8, 4) is 0 Å². The summed E-state index contributed by atoms with van der Waals surface area (Å²) in [5.41, 5.74) is 0.650. The van der Waals surface area contributed by atoms with E-state index in [9.17, 15) is 9.59 Å². The van der Waals surface area contributed by atoms with Crippen molar-refractivity contribution < 1.29 is 14.7 Å². The number of carboxylic acid groups (broad SMARTS) is 1. The summed E-state index contributed by atoms with van der Waals surface area (Å²) in [7, 11) is 0. The van der Waals surface area contributed by atoms with E-state index < -0.39 is 11.9 Å².